The number of aliphatic carboxylic acids is 1. The summed E-state index contributed by atoms with van der Waals surface area (Å²) in [5, 5.41) is 23.3. The van der Waals surface area contributed by atoms with Gasteiger partial charge >= 0.3 is 5.97 Å². The van der Waals surface area contributed by atoms with E-state index in [0.29, 0.717) is 18.3 Å². The predicted octanol–water partition coefficient (Wildman–Crippen LogP) is 2.89. The van der Waals surface area contributed by atoms with E-state index in [1.165, 1.54) is 18.4 Å². The van der Waals surface area contributed by atoms with Crippen molar-refractivity contribution >= 4 is 30.8 Å². The number of carbonyl (C=O) groups is 1. The van der Waals surface area contributed by atoms with Crippen LogP contribution in [0, 0.1) is 5.92 Å². The first kappa shape index (κ1) is 24.9. The maximum atomic E-state index is 11.1. The highest BCUT2D eigenvalue weighted by atomic mass is 35.5. The highest BCUT2D eigenvalue weighted by Crippen LogP contribution is 2.66. The molecule has 2 aliphatic heterocycles. The second-order valence-electron chi connectivity index (χ2n) is 10.2. The average Bonchev–Trinajstić information content (AvgIpc) is 3.49. The molecule has 5 aliphatic rings. The normalized spacial score (nSPS) is 35.6. The van der Waals surface area contributed by atoms with Gasteiger partial charge in [-0.15, -0.1) is 24.8 Å². The lowest BCUT2D eigenvalue weighted by Crippen LogP contribution is -2.78. The monoisotopic (exact) mass is 500 g/mol. The minimum absolute atomic E-state index is 0. The van der Waals surface area contributed by atoms with Gasteiger partial charge in [0, 0.05) is 37.8 Å². The van der Waals surface area contributed by atoms with Crippen LogP contribution in [0.25, 0.3) is 0 Å². The van der Waals surface area contributed by atoms with Crippen LogP contribution in [-0.4, -0.2) is 71.6 Å². The molecular formula is C24H34Cl2N2O5. The number of carboxylic acids is 1. The maximum Gasteiger partial charge on any atom is 0.304 e. The fraction of sp³-hybridized carbons (Fsp3) is 0.708. The summed E-state index contributed by atoms with van der Waals surface area (Å²) in [5.41, 5.74) is 1.78. The lowest BCUT2D eigenvalue weighted by molar-refractivity contribution is -0.207. The molecule has 0 amide bonds. The van der Waals surface area contributed by atoms with Crippen LogP contribution in [0.2, 0.25) is 0 Å². The van der Waals surface area contributed by atoms with Crippen molar-refractivity contribution in [3.63, 3.8) is 0 Å². The van der Waals surface area contributed by atoms with Crippen molar-refractivity contribution in [3.8, 4) is 11.5 Å². The molecule has 33 heavy (non-hydrogen) atoms. The molecule has 0 radical (unpaired) electrons. The summed E-state index contributed by atoms with van der Waals surface area (Å²) < 4.78 is 13.1. The number of phenols is 1. The Balaban J connectivity index is 0.00000130. The van der Waals surface area contributed by atoms with Gasteiger partial charge in [0.1, 0.15) is 6.10 Å². The number of benzene rings is 1. The quantitative estimate of drug-likeness (QED) is 0.529. The highest BCUT2D eigenvalue weighted by Gasteiger charge is 2.73. The molecule has 0 unspecified atom stereocenters. The summed E-state index contributed by atoms with van der Waals surface area (Å²) in [5.74, 6) is 0.861. The first-order valence-electron chi connectivity index (χ1n) is 11.8. The second-order valence-corrected chi connectivity index (χ2v) is 10.2. The molecule has 1 saturated heterocycles. The first-order chi connectivity index (χ1) is 15.0. The zero-order valence-electron chi connectivity index (χ0n) is 18.9. The van der Waals surface area contributed by atoms with Crippen LogP contribution in [-0.2, 0) is 21.4 Å². The number of nitrogens with one attached hydrogen (secondary N) is 1. The molecule has 3 aliphatic carbocycles. The second kappa shape index (κ2) is 8.76. The summed E-state index contributed by atoms with van der Waals surface area (Å²) in [6.45, 7) is 2.59. The Morgan fingerprint density at radius 1 is 1.27 bits per heavy atom. The maximum absolute atomic E-state index is 11.1. The van der Waals surface area contributed by atoms with Crippen LogP contribution in [0.1, 0.15) is 49.7 Å². The Labute approximate surface area is 207 Å². The molecule has 2 bridgehead atoms. The largest absolute Gasteiger partial charge is 0.504 e. The standard InChI is InChI=1S/C24H32N2O5.2ClH/c1-30-24-8-6-16(25-10-7-19(28)29)22-23(24)9-11-26(13-14-2-3-14)18(24)12-15-4-5-17(27)21(31-22)20(15)23;;/h4-5,14,16,18,22,25,27H,2-3,6-13H2,1H3,(H,28,29);2*1H/t16-,18-,22+,23+,24-;;/m1../s1. The van der Waals surface area contributed by atoms with Gasteiger partial charge in [0.2, 0.25) is 0 Å². The van der Waals surface area contributed by atoms with E-state index in [-0.39, 0.29) is 60.1 Å². The van der Waals surface area contributed by atoms with Crippen molar-refractivity contribution < 1.29 is 24.5 Å². The fourth-order valence-electron chi connectivity index (χ4n) is 7.44. The average molecular weight is 501 g/mol. The summed E-state index contributed by atoms with van der Waals surface area (Å²) in [6, 6.07) is 4.20. The number of methoxy groups -OCH3 is 1. The molecule has 184 valence electrons. The smallest absolute Gasteiger partial charge is 0.304 e. The minimum atomic E-state index is -0.797. The van der Waals surface area contributed by atoms with Crippen molar-refractivity contribution in [1.82, 2.24) is 10.2 Å². The van der Waals surface area contributed by atoms with Gasteiger partial charge in [-0.05, 0) is 62.6 Å². The highest BCUT2D eigenvalue weighted by molar-refractivity contribution is 5.85. The molecule has 0 aromatic heterocycles. The van der Waals surface area contributed by atoms with E-state index in [2.05, 4.69) is 16.3 Å². The number of nitrogens with zero attached hydrogens (tertiary/aromatic N) is 1. The van der Waals surface area contributed by atoms with Crippen molar-refractivity contribution in [3.05, 3.63) is 23.3 Å². The van der Waals surface area contributed by atoms with E-state index in [1.54, 1.807) is 6.07 Å². The first-order valence-corrected chi connectivity index (χ1v) is 11.8. The van der Waals surface area contributed by atoms with Gasteiger partial charge in [0.15, 0.2) is 11.5 Å². The Morgan fingerprint density at radius 3 is 2.76 bits per heavy atom. The Kier molecular flexibility index (Phi) is 6.60. The number of hydrogen-bond donors (Lipinski definition) is 3. The minimum Gasteiger partial charge on any atom is -0.504 e. The SMILES string of the molecule is CO[C@@]12CC[C@@H](NCCC(=O)O)[C@@H]3Oc4c(O)ccc5c4[C@@]31CCN(CC1CC1)[C@@H]2C5.Cl.Cl. The van der Waals surface area contributed by atoms with E-state index in [4.69, 9.17) is 14.6 Å². The lowest BCUT2D eigenvalue weighted by atomic mass is 9.48. The molecule has 3 N–H and O–H groups in total. The molecule has 2 heterocycles. The Bertz CT molecular complexity index is 928. The van der Waals surface area contributed by atoms with E-state index >= 15 is 0 Å². The molecular weight excluding hydrogens is 467 g/mol. The van der Waals surface area contributed by atoms with Gasteiger partial charge in [0.05, 0.1) is 17.4 Å². The number of rotatable bonds is 7. The van der Waals surface area contributed by atoms with Crippen LogP contribution in [0.15, 0.2) is 12.1 Å². The fourth-order valence-corrected chi connectivity index (χ4v) is 7.44. The zero-order chi connectivity index (χ0) is 21.4. The molecule has 5 atom stereocenters. The lowest BCUT2D eigenvalue weighted by Gasteiger charge is -2.65. The summed E-state index contributed by atoms with van der Waals surface area (Å²) in [6.07, 6.45) is 6.25. The number of aromatic hydroxyl groups is 1. The summed E-state index contributed by atoms with van der Waals surface area (Å²) in [4.78, 5) is 13.7. The van der Waals surface area contributed by atoms with Crippen LogP contribution >= 0.6 is 24.8 Å². The van der Waals surface area contributed by atoms with E-state index < -0.39 is 5.97 Å². The van der Waals surface area contributed by atoms with E-state index in [1.807, 2.05) is 7.11 Å². The van der Waals surface area contributed by atoms with Crippen LogP contribution in [0.4, 0.5) is 0 Å². The van der Waals surface area contributed by atoms with Gasteiger partial charge in [-0.1, -0.05) is 6.07 Å². The third-order valence-electron chi connectivity index (χ3n) is 8.83. The van der Waals surface area contributed by atoms with E-state index in [0.717, 1.165) is 50.3 Å². The van der Waals surface area contributed by atoms with Gasteiger partial charge < -0.3 is 25.0 Å². The van der Waals surface area contributed by atoms with Crippen LogP contribution in [0.3, 0.4) is 0 Å². The molecule has 1 aromatic carbocycles. The number of piperidine rings is 1. The molecule has 2 saturated carbocycles. The molecule has 7 nitrogen and oxygen atoms in total. The van der Waals surface area contributed by atoms with E-state index in [9.17, 15) is 9.90 Å². The molecule has 9 heteroatoms. The van der Waals surface area contributed by atoms with Gasteiger partial charge in [-0.2, -0.15) is 0 Å². The number of carboxylic acid groups (broad SMARTS) is 1. The molecule has 6 rings (SSSR count). The summed E-state index contributed by atoms with van der Waals surface area (Å²) >= 11 is 0. The topological polar surface area (TPSA) is 91.3 Å². The van der Waals surface area contributed by atoms with Crippen LogP contribution in [0.5, 0.6) is 11.5 Å². The third kappa shape index (κ3) is 3.38. The Morgan fingerprint density at radius 2 is 2.06 bits per heavy atom. The number of likely N-dealkylation sites (tertiary alicyclic amines) is 1. The zero-order valence-corrected chi connectivity index (χ0v) is 20.6. The van der Waals surface area contributed by atoms with Gasteiger partial charge in [-0.25, -0.2) is 0 Å². The van der Waals surface area contributed by atoms with Crippen molar-refractivity contribution in [1.29, 1.82) is 0 Å². The number of halogens is 2. The predicted molar refractivity (Wildman–Crippen MR) is 128 cm³/mol. The van der Waals surface area contributed by atoms with Gasteiger partial charge in [0.25, 0.3) is 0 Å². The molecule has 3 fully saturated rings. The van der Waals surface area contributed by atoms with Crippen molar-refractivity contribution in [2.45, 2.75) is 74.1 Å². The van der Waals surface area contributed by atoms with Crippen molar-refractivity contribution in [2.75, 3.05) is 26.7 Å². The van der Waals surface area contributed by atoms with Gasteiger partial charge in [-0.3, -0.25) is 9.69 Å². The molecule has 1 aromatic rings. The molecule has 1 spiro atoms. The van der Waals surface area contributed by atoms with Crippen molar-refractivity contribution in [2.24, 2.45) is 5.92 Å². The number of phenolic OH excluding ortho intramolecular Hbond substituents is 1. The van der Waals surface area contributed by atoms with Crippen LogP contribution < -0.4 is 10.1 Å². The third-order valence-corrected chi connectivity index (χ3v) is 8.83. The summed E-state index contributed by atoms with van der Waals surface area (Å²) in [7, 11) is 1.86. The number of ether oxygens (including phenoxy) is 2. The number of hydrogen-bond acceptors (Lipinski definition) is 6. The Hall–Kier alpha value is -1.25.